The fourth-order valence-corrected chi connectivity index (χ4v) is 4.29. The highest BCUT2D eigenvalue weighted by molar-refractivity contribution is 5.94. The standard InChI is InChI=1S/C22H31N5O4/c1-29-21-19(24-25-27(21)15-18-5-3-2-4-6-18)20(28)23-16-22(7-11-30-12-8-22)17-26-9-13-31-14-10-26/h2-6H,7-17H2,1H3,(H,23,28). The summed E-state index contributed by atoms with van der Waals surface area (Å²) in [6.45, 7) is 6.81. The van der Waals surface area contributed by atoms with Gasteiger partial charge in [0.1, 0.15) is 0 Å². The Balaban J connectivity index is 1.42. The van der Waals surface area contributed by atoms with Crippen molar-refractivity contribution in [2.75, 3.05) is 59.7 Å². The van der Waals surface area contributed by atoms with Gasteiger partial charge in [0.25, 0.3) is 5.91 Å². The minimum atomic E-state index is -0.260. The average molecular weight is 430 g/mol. The number of carbonyl (C=O) groups excluding carboxylic acids is 1. The van der Waals surface area contributed by atoms with E-state index in [1.54, 1.807) is 4.68 Å². The summed E-state index contributed by atoms with van der Waals surface area (Å²) < 4.78 is 18.2. The predicted molar refractivity (Wildman–Crippen MR) is 114 cm³/mol. The van der Waals surface area contributed by atoms with Gasteiger partial charge in [-0.05, 0) is 18.4 Å². The number of aromatic nitrogens is 3. The average Bonchev–Trinajstić information content (AvgIpc) is 3.22. The lowest BCUT2D eigenvalue weighted by Gasteiger charge is -2.42. The van der Waals surface area contributed by atoms with Crippen LogP contribution in [-0.4, -0.2) is 85.5 Å². The van der Waals surface area contributed by atoms with Gasteiger partial charge in [-0.3, -0.25) is 9.69 Å². The number of hydrogen-bond donors (Lipinski definition) is 1. The first-order chi connectivity index (χ1) is 15.2. The second kappa shape index (κ2) is 10.2. The molecule has 2 saturated heterocycles. The number of nitrogens with one attached hydrogen (secondary N) is 1. The fourth-order valence-electron chi connectivity index (χ4n) is 4.29. The van der Waals surface area contributed by atoms with Crippen molar-refractivity contribution in [1.82, 2.24) is 25.2 Å². The van der Waals surface area contributed by atoms with E-state index in [-0.39, 0.29) is 17.0 Å². The zero-order valence-electron chi connectivity index (χ0n) is 18.1. The lowest BCUT2D eigenvalue weighted by molar-refractivity contribution is -0.0283. The first-order valence-electron chi connectivity index (χ1n) is 10.9. The number of benzene rings is 1. The molecule has 31 heavy (non-hydrogen) atoms. The van der Waals surface area contributed by atoms with Crippen LogP contribution in [0.5, 0.6) is 5.88 Å². The van der Waals surface area contributed by atoms with Crippen molar-refractivity contribution in [2.24, 2.45) is 5.41 Å². The summed E-state index contributed by atoms with van der Waals surface area (Å²) in [5, 5.41) is 11.4. The Morgan fingerprint density at radius 2 is 1.84 bits per heavy atom. The molecule has 1 aromatic heterocycles. The maximum Gasteiger partial charge on any atom is 0.277 e. The van der Waals surface area contributed by atoms with Crippen LogP contribution in [0.3, 0.4) is 0 Å². The maximum absolute atomic E-state index is 13.0. The summed E-state index contributed by atoms with van der Waals surface area (Å²) in [6, 6.07) is 9.90. The van der Waals surface area contributed by atoms with Gasteiger partial charge in [-0.2, -0.15) is 0 Å². The Bertz CT molecular complexity index is 845. The number of carbonyl (C=O) groups is 1. The number of amides is 1. The maximum atomic E-state index is 13.0. The molecule has 2 aliphatic heterocycles. The van der Waals surface area contributed by atoms with Gasteiger partial charge in [-0.1, -0.05) is 35.5 Å². The molecule has 4 rings (SSSR count). The van der Waals surface area contributed by atoms with Gasteiger partial charge >= 0.3 is 0 Å². The Morgan fingerprint density at radius 3 is 2.55 bits per heavy atom. The summed E-state index contributed by atoms with van der Waals surface area (Å²) in [6.07, 6.45) is 1.84. The van der Waals surface area contributed by atoms with Crippen LogP contribution in [0, 0.1) is 5.41 Å². The number of morpholine rings is 1. The zero-order chi connectivity index (χ0) is 21.5. The van der Waals surface area contributed by atoms with Crippen LogP contribution in [0.1, 0.15) is 28.9 Å². The molecule has 0 atom stereocenters. The van der Waals surface area contributed by atoms with Crippen LogP contribution in [-0.2, 0) is 16.0 Å². The summed E-state index contributed by atoms with van der Waals surface area (Å²) >= 11 is 0. The Hall–Kier alpha value is -2.49. The van der Waals surface area contributed by atoms with Crippen molar-refractivity contribution in [3.63, 3.8) is 0 Å². The van der Waals surface area contributed by atoms with E-state index in [1.807, 2.05) is 30.3 Å². The molecule has 0 saturated carbocycles. The van der Waals surface area contributed by atoms with Crippen LogP contribution in [0.15, 0.2) is 30.3 Å². The van der Waals surface area contributed by atoms with Crippen molar-refractivity contribution >= 4 is 5.91 Å². The molecule has 3 heterocycles. The number of hydrogen-bond acceptors (Lipinski definition) is 7. The summed E-state index contributed by atoms with van der Waals surface area (Å²) in [7, 11) is 1.54. The van der Waals surface area contributed by atoms with Gasteiger partial charge in [0.05, 0.1) is 26.9 Å². The lowest BCUT2D eigenvalue weighted by atomic mass is 9.79. The fraction of sp³-hybridized carbons (Fsp3) is 0.591. The Labute approximate surface area is 182 Å². The molecule has 1 N–H and O–H groups in total. The second-order valence-corrected chi connectivity index (χ2v) is 8.27. The molecule has 0 aliphatic carbocycles. The van der Waals surface area contributed by atoms with E-state index in [4.69, 9.17) is 14.2 Å². The molecule has 168 valence electrons. The van der Waals surface area contributed by atoms with Gasteiger partial charge in [0.2, 0.25) is 11.6 Å². The van der Waals surface area contributed by atoms with Crippen molar-refractivity contribution in [2.45, 2.75) is 19.4 Å². The van der Waals surface area contributed by atoms with Gasteiger partial charge in [-0.15, -0.1) is 5.10 Å². The molecule has 0 unspecified atom stereocenters. The van der Waals surface area contributed by atoms with Gasteiger partial charge in [0.15, 0.2) is 0 Å². The van der Waals surface area contributed by atoms with Crippen LogP contribution in [0.4, 0.5) is 0 Å². The Morgan fingerprint density at radius 1 is 1.13 bits per heavy atom. The van der Waals surface area contributed by atoms with E-state index in [1.165, 1.54) is 7.11 Å². The summed E-state index contributed by atoms with van der Waals surface area (Å²) in [5.41, 5.74) is 1.26. The first kappa shape index (κ1) is 21.7. The SMILES string of the molecule is COc1c(C(=O)NCC2(CN3CCOCC3)CCOCC2)nnn1Cc1ccccc1. The first-order valence-corrected chi connectivity index (χ1v) is 10.9. The molecule has 1 amide bonds. The largest absolute Gasteiger partial charge is 0.479 e. The quantitative estimate of drug-likeness (QED) is 0.674. The van der Waals surface area contributed by atoms with Crippen molar-refractivity contribution < 1.29 is 19.0 Å². The molecular formula is C22H31N5O4. The normalized spacial score (nSPS) is 19.1. The molecule has 0 radical (unpaired) electrons. The Kier molecular flexibility index (Phi) is 7.16. The minimum absolute atomic E-state index is 0.0154. The van der Waals surface area contributed by atoms with E-state index >= 15 is 0 Å². The molecule has 1 aromatic carbocycles. The molecule has 9 heteroatoms. The number of methoxy groups -OCH3 is 1. The molecular weight excluding hydrogens is 398 g/mol. The predicted octanol–water partition coefficient (Wildman–Crippen LogP) is 1.19. The van der Waals surface area contributed by atoms with E-state index in [0.29, 0.717) is 19.0 Å². The molecule has 2 fully saturated rings. The van der Waals surface area contributed by atoms with Crippen LogP contribution >= 0.6 is 0 Å². The second-order valence-electron chi connectivity index (χ2n) is 8.27. The minimum Gasteiger partial charge on any atom is -0.479 e. The van der Waals surface area contributed by atoms with Gasteiger partial charge in [0, 0.05) is 44.8 Å². The van der Waals surface area contributed by atoms with E-state index < -0.39 is 0 Å². The third-order valence-corrected chi connectivity index (χ3v) is 6.11. The third kappa shape index (κ3) is 5.41. The van der Waals surface area contributed by atoms with E-state index in [9.17, 15) is 4.79 Å². The third-order valence-electron chi connectivity index (χ3n) is 6.11. The highest BCUT2D eigenvalue weighted by Crippen LogP contribution is 2.31. The smallest absolute Gasteiger partial charge is 0.277 e. The van der Waals surface area contributed by atoms with Crippen LogP contribution in [0.2, 0.25) is 0 Å². The highest BCUT2D eigenvalue weighted by Gasteiger charge is 2.36. The lowest BCUT2D eigenvalue weighted by Crippen LogP contribution is -2.50. The van der Waals surface area contributed by atoms with E-state index in [2.05, 4.69) is 20.5 Å². The molecule has 0 bridgehead atoms. The summed E-state index contributed by atoms with van der Waals surface area (Å²) in [5.74, 6) is 0.111. The number of rotatable bonds is 8. The highest BCUT2D eigenvalue weighted by atomic mass is 16.5. The monoisotopic (exact) mass is 429 g/mol. The van der Waals surface area contributed by atoms with Crippen molar-refractivity contribution in [3.05, 3.63) is 41.6 Å². The van der Waals surface area contributed by atoms with Crippen LogP contribution in [0.25, 0.3) is 0 Å². The molecule has 2 aliphatic rings. The summed E-state index contributed by atoms with van der Waals surface area (Å²) in [4.78, 5) is 15.4. The molecule has 2 aromatic rings. The van der Waals surface area contributed by atoms with Crippen LogP contribution < -0.4 is 10.1 Å². The van der Waals surface area contributed by atoms with Crippen molar-refractivity contribution in [3.8, 4) is 5.88 Å². The topological polar surface area (TPSA) is 90.7 Å². The van der Waals surface area contributed by atoms with Crippen molar-refractivity contribution in [1.29, 1.82) is 0 Å². The molecule has 9 nitrogen and oxygen atoms in total. The van der Waals surface area contributed by atoms with Gasteiger partial charge < -0.3 is 19.5 Å². The number of nitrogens with zero attached hydrogens (tertiary/aromatic N) is 4. The molecule has 0 spiro atoms. The zero-order valence-corrected chi connectivity index (χ0v) is 18.1. The van der Waals surface area contributed by atoms with E-state index in [0.717, 1.165) is 64.5 Å². The van der Waals surface area contributed by atoms with Gasteiger partial charge in [-0.25, -0.2) is 4.68 Å². The number of ether oxygens (including phenoxy) is 3.